The summed E-state index contributed by atoms with van der Waals surface area (Å²) in [6, 6.07) is 1.93. The monoisotopic (exact) mass is 635 g/mol. The molecule has 0 radical (unpaired) electrons. The number of aromatic nitrogens is 5. The van der Waals surface area contributed by atoms with Crippen LogP contribution >= 0.6 is 0 Å². The minimum Gasteiger partial charge on any atom is -0.461 e. The van der Waals surface area contributed by atoms with Crippen LogP contribution in [0, 0.1) is 5.82 Å². The number of halogens is 3. The van der Waals surface area contributed by atoms with Crippen LogP contribution in [0.2, 0.25) is 0 Å². The van der Waals surface area contributed by atoms with E-state index in [-0.39, 0.29) is 42.0 Å². The number of β-amino-alcohol motifs (C(OH)–C–C–N with tert-alkyl or cyclic N) is 1. The zero-order valence-corrected chi connectivity index (χ0v) is 26.4. The molecule has 0 bridgehead atoms. The van der Waals surface area contributed by atoms with E-state index >= 15 is 13.2 Å². The molecular weight excluding hydrogens is 595 g/mol. The number of fused-ring (bicyclic) bond motifs is 4. The first-order valence-corrected chi connectivity index (χ1v) is 16.7. The standard InChI is InChI=1S/C34H40F3N7O2/c1-3-23-25-20(7-11-34(23,36)37)15-24-21(17-39-42-24)26(25)29-27(35)28-22(16-38-29)30(43-12-4-8-32(2,45)18-43)41-31(40-28)46-19-33-9-5-13-44(33)14-6-10-33/h15-17,23,45H,3-14,18-19H2,1-2H3,(H,39,42)/t23?,32-/m1/s1. The van der Waals surface area contributed by atoms with Gasteiger partial charge >= 0.3 is 6.01 Å². The van der Waals surface area contributed by atoms with Crippen LogP contribution in [0.25, 0.3) is 33.1 Å². The number of nitrogens with one attached hydrogen (secondary N) is 1. The van der Waals surface area contributed by atoms with Gasteiger partial charge in [-0.3, -0.25) is 15.0 Å². The number of hydrogen-bond donors (Lipinski definition) is 2. The van der Waals surface area contributed by atoms with Gasteiger partial charge in [0.05, 0.1) is 28.2 Å². The van der Waals surface area contributed by atoms with E-state index in [0.29, 0.717) is 59.4 Å². The number of aryl methyl sites for hydroxylation is 1. The summed E-state index contributed by atoms with van der Waals surface area (Å²) in [7, 11) is 0. The maximum absolute atomic E-state index is 17.1. The molecule has 8 rings (SSSR count). The largest absolute Gasteiger partial charge is 0.461 e. The Balaban J connectivity index is 1.30. The highest BCUT2D eigenvalue weighted by Crippen LogP contribution is 2.51. The highest BCUT2D eigenvalue weighted by molar-refractivity contribution is 6.00. The number of benzene rings is 1. The van der Waals surface area contributed by atoms with Gasteiger partial charge in [-0.2, -0.15) is 15.1 Å². The number of H-pyrrole nitrogens is 1. The van der Waals surface area contributed by atoms with Gasteiger partial charge in [-0.1, -0.05) is 6.92 Å². The highest BCUT2D eigenvalue weighted by atomic mass is 19.3. The average molecular weight is 636 g/mol. The molecule has 2 N–H and O–H groups in total. The predicted molar refractivity (Wildman–Crippen MR) is 169 cm³/mol. The fraction of sp³-hybridized carbons (Fsp3) is 0.588. The molecule has 0 spiro atoms. The van der Waals surface area contributed by atoms with Crippen molar-refractivity contribution in [2.75, 3.05) is 37.7 Å². The Hall–Kier alpha value is -3.51. The molecule has 1 aromatic carbocycles. The third-order valence-electron chi connectivity index (χ3n) is 11.0. The maximum atomic E-state index is 17.1. The van der Waals surface area contributed by atoms with Gasteiger partial charge in [-0.15, -0.1) is 0 Å². The number of nitrogens with zero attached hydrogens (tertiary/aromatic N) is 6. The number of hydrogen-bond acceptors (Lipinski definition) is 8. The molecule has 3 saturated heterocycles. The molecule has 3 fully saturated rings. The van der Waals surface area contributed by atoms with Crippen molar-refractivity contribution in [1.82, 2.24) is 30.0 Å². The fourth-order valence-electron chi connectivity index (χ4n) is 8.77. The van der Waals surface area contributed by atoms with E-state index in [1.165, 1.54) is 6.20 Å². The first-order valence-electron chi connectivity index (χ1n) is 16.7. The van der Waals surface area contributed by atoms with Gasteiger partial charge in [-0.05, 0) is 88.6 Å². The summed E-state index contributed by atoms with van der Waals surface area (Å²) in [6.45, 7) is 6.96. The molecule has 1 aliphatic carbocycles. The number of aliphatic hydroxyl groups is 1. The van der Waals surface area contributed by atoms with E-state index in [1.807, 2.05) is 11.0 Å². The molecule has 12 heteroatoms. The maximum Gasteiger partial charge on any atom is 0.319 e. The number of piperidine rings is 1. The SMILES string of the molecule is CCC1c2c(cc3[nH]ncc3c2-c2ncc3c(N4CCC[C@@](C)(O)C4)nc(OCC45CCCN4CCC5)nc3c2F)CCC1(F)F. The zero-order chi connectivity index (χ0) is 31.8. The lowest BCUT2D eigenvalue weighted by Crippen LogP contribution is -2.46. The summed E-state index contributed by atoms with van der Waals surface area (Å²) in [5.74, 6) is -4.28. The van der Waals surface area contributed by atoms with E-state index in [2.05, 4.69) is 25.1 Å². The van der Waals surface area contributed by atoms with Crippen LogP contribution in [-0.4, -0.2) is 85.0 Å². The van der Waals surface area contributed by atoms with E-state index in [4.69, 9.17) is 9.72 Å². The van der Waals surface area contributed by atoms with Crippen LogP contribution < -0.4 is 9.64 Å². The molecule has 6 heterocycles. The molecule has 244 valence electrons. The lowest BCUT2D eigenvalue weighted by molar-refractivity contribution is -0.0423. The normalized spacial score (nSPS) is 25.7. The molecule has 9 nitrogen and oxygen atoms in total. The van der Waals surface area contributed by atoms with Gasteiger partial charge in [0.1, 0.15) is 23.6 Å². The van der Waals surface area contributed by atoms with Gasteiger partial charge < -0.3 is 14.7 Å². The molecule has 3 aromatic heterocycles. The van der Waals surface area contributed by atoms with Crippen molar-refractivity contribution in [1.29, 1.82) is 0 Å². The summed E-state index contributed by atoms with van der Waals surface area (Å²) in [6.07, 6.45) is 8.89. The molecule has 2 atom stereocenters. The second-order valence-electron chi connectivity index (χ2n) is 14.1. The van der Waals surface area contributed by atoms with Crippen LogP contribution in [0.15, 0.2) is 18.5 Å². The molecule has 3 aliphatic heterocycles. The average Bonchev–Trinajstić information content (AvgIpc) is 3.75. The Morgan fingerprint density at radius 2 is 1.83 bits per heavy atom. The van der Waals surface area contributed by atoms with Crippen molar-refractivity contribution in [3.63, 3.8) is 0 Å². The summed E-state index contributed by atoms with van der Waals surface area (Å²) < 4.78 is 54.3. The Morgan fingerprint density at radius 1 is 1.04 bits per heavy atom. The van der Waals surface area contributed by atoms with Gasteiger partial charge in [0.25, 0.3) is 5.92 Å². The third-order valence-corrected chi connectivity index (χ3v) is 11.0. The highest BCUT2D eigenvalue weighted by Gasteiger charge is 2.46. The van der Waals surface area contributed by atoms with Crippen LogP contribution in [0.1, 0.15) is 82.3 Å². The Kier molecular flexibility index (Phi) is 6.99. The minimum atomic E-state index is -2.93. The number of ether oxygens (including phenoxy) is 1. The number of pyridine rings is 1. The Morgan fingerprint density at radius 3 is 2.59 bits per heavy atom. The van der Waals surface area contributed by atoms with Crippen LogP contribution in [0.3, 0.4) is 0 Å². The van der Waals surface area contributed by atoms with Crippen molar-refractivity contribution in [2.24, 2.45) is 0 Å². The second-order valence-corrected chi connectivity index (χ2v) is 14.1. The summed E-state index contributed by atoms with van der Waals surface area (Å²) >= 11 is 0. The number of alkyl halides is 2. The van der Waals surface area contributed by atoms with E-state index in [0.717, 1.165) is 50.8 Å². The van der Waals surface area contributed by atoms with E-state index in [9.17, 15) is 5.11 Å². The molecule has 1 unspecified atom stereocenters. The van der Waals surface area contributed by atoms with Crippen molar-refractivity contribution in [2.45, 2.75) is 94.6 Å². The molecule has 46 heavy (non-hydrogen) atoms. The van der Waals surface area contributed by atoms with Crippen LogP contribution in [0.5, 0.6) is 6.01 Å². The van der Waals surface area contributed by atoms with Gasteiger partial charge in [0.2, 0.25) is 0 Å². The topological polar surface area (TPSA) is 103 Å². The van der Waals surface area contributed by atoms with Crippen molar-refractivity contribution in [3.05, 3.63) is 35.4 Å². The second kappa shape index (κ2) is 10.8. The van der Waals surface area contributed by atoms with E-state index < -0.39 is 23.3 Å². The zero-order valence-electron chi connectivity index (χ0n) is 26.4. The molecule has 4 aliphatic rings. The third kappa shape index (κ3) is 4.73. The Bertz CT molecular complexity index is 1820. The fourth-order valence-corrected chi connectivity index (χ4v) is 8.77. The number of anilines is 1. The first kappa shape index (κ1) is 29.9. The van der Waals surface area contributed by atoms with Crippen molar-refractivity contribution in [3.8, 4) is 17.3 Å². The van der Waals surface area contributed by atoms with Crippen molar-refractivity contribution >= 4 is 27.6 Å². The van der Waals surface area contributed by atoms with Gasteiger partial charge in [0.15, 0.2) is 5.82 Å². The van der Waals surface area contributed by atoms with Gasteiger partial charge in [-0.25, -0.2) is 13.2 Å². The van der Waals surface area contributed by atoms with E-state index in [1.54, 1.807) is 20.0 Å². The summed E-state index contributed by atoms with van der Waals surface area (Å²) in [5, 5.41) is 19.0. The van der Waals surface area contributed by atoms with Crippen LogP contribution in [-0.2, 0) is 6.42 Å². The minimum absolute atomic E-state index is 0.0206. The quantitative estimate of drug-likeness (QED) is 0.261. The first-order chi connectivity index (χ1) is 22.1. The predicted octanol–water partition coefficient (Wildman–Crippen LogP) is 6.14. The van der Waals surface area contributed by atoms with Crippen molar-refractivity contribution < 1.29 is 23.0 Å². The van der Waals surface area contributed by atoms with Gasteiger partial charge in [0, 0.05) is 42.6 Å². The molecule has 0 amide bonds. The molecular formula is C34H40F3N7O2. The summed E-state index contributed by atoms with van der Waals surface area (Å²) in [5.41, 5.74) is 1.15. The van der Waals surface area contributed by atoms with Crippen LogP contribution in [0.4, 0.5) is 19.0 Å². The number of aromatic amines is 1. The lowest BCUT2D eigenvalue weighted by Gasteiger charge is -2.38. The molecule has 4 aromatic rings. The summed E-state index contributed by atoms with van der Waals surface area (Å²) in [4.78, 5) is 18.5. The Labute approximate surface area is 265 Å². The smallest absolute Gasteiger partial charge is 0.319 e. The molecule has 0 saturated carbocycles. The lowest BCUT2D eigenvalue weighted by atomic mass is 9.75. The number of rotatable bonds is 6.